The maximum atomic E-state index is 6.33. The van der Waals surface area contributed by atoms with Gasteiger partial charge in [-0.05, 0) is 29.5 Å². The fourth-order valence-electron chi connectivity index (χ4n) is 2.33. The van der Waals surface area contributed by atoms with Crippen molar-refractivity contribution in [2.75, 3.05) is 6.26 Å². The summed E-state index contributed by atoms with van der Waals surface area (Å²) in [5.41, 5.74) is 10.6. The van der Waals surface area contributed by atoms with Gasteiger partial charge < -0.3 is 10.7 Å². The first-order valence-corrected chi connectivity index (χ1v) is 7.95. The standard InChI is InChI=1S/C16H17N3S/c1-20-10-15-18-13-8-7-12(9-14(13)19-15)16(17)11-5-3-2-4-6-11/h2-9,16H,10,17H2,1H3,(H,18,19). The Morgan fingerprint density at radius 3 is 2.70 bits per heavy atom. The number of thioether (sulfide) groups is 1. The lowest BCUT2D eigenvalue weighted by Gasteiger charge is -2.12. The summed E-state index contributed by atoms with van der Waals surface area (Å²) >= 11 is 1.76. The maximum Gasteiger partial charge on any atom is 0.117 e. The molecule has 0 radical (unpaired) electrons. The normalized spacial score (nSPS) is 12.7. The van der Waals surface area contributed by atoms with Gasteiger partial charge in [-0.3, -0.25) is 0 Å². The summed E-state index contributed by atoms with van der Waals surface area (Å²) in [4.78, 5) is 7.91. The first-order valence-electron chi connectivity index (χ1n) is 6.56. The van der Waals surface area contributed by atoms with Crippen LogP contribution in [-0.2, 0) is 5.75 Å². The van der Waals surface area contributed by atoms with Crippen LogP contribution in [-0.4, -0.2) is 16.2 Å². The second-order valence-corrected chi connectivity index (χ2v) is 5.65. The summed E-state index contributed by atoms with van der Waals surface area (Å²) in [5, 5.41) is 0. The van der Waals surface area contributed by atoms with Gasteiger partial charge in [0.05, 0.1) is 22.8 Å². The first-order chi connectivity index (χ1) is 9.78. The molecule has 0 saturated heterocycles. The van der Waals surface area contributed by atoms with E-state index in [9.17, 15) is 0 Å². The number of fused-ring (bicyclic) bond motifs is 1. The van der Waals surface area contributed by atoms with Gasteiger partial charge in [0.2, 0.25) is 0 Å². The predicted molar refractivity (Wildman–Crippen MR) is 85.8 cm³/mol. The summed E-state index contributed by atoms with van der Waals surface area (Å²) < 4.78 is 0. The van der Waals surface area contributed by atoms with Crippen molar-refractivity contribution >= 4 is 22.8 Å². The van der Waals surface area contributed by atoms with Gasteiger partial charge in [-0.25, -0.2) is 4.98 Å². The molecule has 102 valence electrons. The molecule has 1 atom stereocenters. The number of aromatic amines is 1. The number of nitrogens with zero attached hydrogens (tertiary/aromatic N) is 1. The molecule has 0 amide bonds. The van der Waals surface area contributed by atoms with Crippen LogP contribution in [0, 0.1) is 0 Å². The van der Waals surface area contributed by atoms with Gasteiger partial charge in [0.15, 0.2) is 0 Å². The van der Waals surface area contributed by atoms with Crippen LogP contribution >= 0.6 is 11.8 Å². The number of imidazole rings is 1. The zero-order valence-corrected chi connectivity index (χ0v) is 12.2. The lowest BCUT2D eigenvalue weighted by Crippen LogP contribution is -2.11. The van der Waals surface area contributed by atoms with Crippen LogP contribution in [0.2, 0.25) is 0 Å². The summed E-state index contributed by atoms with van der Waals surface area (Å²) in [7, 11) is 0. The molecule has 0 fully saturated rings. The van der Waals surface area contributed by atoms with E-state index in [1.165, 1.54) is 0 Å². The molecule has 0 spiro atoms. The molecule has 0 aliphatic carbocycles. The molecule has 0 saturated carbocycles. The molecule has 2 aromatic carbocycles. The van der Waals surface area contributed by atoms with E-state index in [2.05, 4.69) is 40.5 Å². The Bertz CT molecular complexity index is 706. The zero-order chi connectivity index (χ0) is 13.9. The maximum absolute atomic E-state index is 6.33. The minimum absolute atomic E-state index is 0.104. The topological polar surface area (TPSA) is 54.7 Å². The van der Waals surface area contributed by atoms with E-state index in [0.717, 1.165) is 33.7 Å². The largest absolute Gasteiger partial charge is 0.341 e. The number of nitrogens with two attached hydrogens (primary N) is 1. The van der Waals surface area contributed by atoms with E-state index in [0.29, 0.717) is 0 Å². The van der Waals surface area contributed by atoms with Gasteiger partial charge >= 0.3 is 0 Å². The molecule has 0 aliphatic rings. The molecular weight excluding hydrogens is 266 g/mol. The van der Waals surface area contributed by atoms with Crippen molar-refractivity contribution in [2.24, 2.45) is 5.73 Å². The van der Waals surface area contributed by atoms with Crippen molar-refractivity contribution in [3.63, 3.8) is 0 Å². The van der Waals surface area contributed by atoms with E-state index in [1.807, 2.05) is 24.3 Å². The summed E-state index contributed by atoms with van der Waals surface area (Å²) in [6.45, 7) is 0. The second kappa shape index (κ2) is 5.69. The SMILES string of the molecule is CSCc1nc2ccc(C(N)c3ccccc3)cc2[nH]1. The van der Waals surface area contributed by atoms with E-state index in [4.69, 9.17) is 5.73 Å². The summed E-state index contributed by atoms with van der Waals surface area (Å²) in [6, 6.07) is 16.2. The molecule has 1 heterocycles. The number of H-pyrrole nitrogens is 1. The number of aromatic nitrogens is 2. The van der Waals surface area contributed by atoms with Crippen LogP contribution in [0.1, 0.15) is 23.0 Å². The fraction of sp³-hybridized carbons (Fsp3) is 0.188. The Morgan fingerprint density at radius 2 is 1.95 bits per heavy atom. The molecule has 1 aromatic heterocycles. The van der Waals surface area contributed by atoms with Gasteiger partial charge in [0.1, 0.15) is 5.82 Å². The third-order valence-electron chi connectivity index (χ3n) is 3.35. The Balaban J connectivity index is 1.96. The highest BCUT2D eigenvalue weighted by atomic mass is 32.2. The zero-order valence-electron chi connectivity index (χ0n) is 11.3. The van der Waals surface area contributed by atoms with Gasteiger partial charge in [0.25, 0.3) is 0 Å². The molecule has 0 aliphatic heterocycles. The lowest BCUT2D eigenvalue weighted by atomic mass is 9.99. The van der Waals surface area contributed by atoms with Crippen LogP contribution in [0.3, 0.4) is 0 Å². The Labute approximate surface area is 122 Å². The summed E-state index contributed by atoms with van der Waals surface area (Å²) in [6.07, 6.45) is 2.07. The minimum Gasteiger partial charge on any atom is -0.341 e. The highest BCUT2D eigenvalue weighted by Crippen LogP contribution is 2.23. The van der Waals surface area contributed by atoms with E-state index in [1.54, 1.807) is 11.8 Å². The quantitative estimate of drug-likeness (QED) is 0.771. The Morgan fingerprint density at radius 1 is 1.15 bits per heavy atom. The molecule has 3 rings (SSSR count). The molecule has 1 unspecified atom stereocenters. The van der Waals surface area contributed by atoms with Crippen LogP contribution in [0.25, 0.3) is 11.0 Å². The lowest BCUT2D eigenvalue weighted by molar-refractivity contribution is 0.873. The third-order valence-corrected chi connectivity index (χ3v) is 3.92. The molecule has 4 heteroatoms. The van der Waals surface area contributed by atoms with Crippen molar-refractivity contribution in [1.82, 2.24) is 9.97 Å². The number of hydrogen-bond donors (Lipinski definition) is 2. The Kier molecular flexibility index (Phi) is 3.76. The molecular formula is C16H17N3S. The average Bonchev–Trinajstić information content (AvgIpc) is 2.89. The molecule has 3 nitrogen and oxygen atoms in total. The van der Waals surface area contributed by atoms with Crippen molar-refractivity contribution in [1.29, 1.82) is 0 Å². The average molecular weight is 283 g/mol. The second-order valence-electron chi connectivity index (χ2n) is 4.78. The fourth-order valence-corrected chi connectivity index (χ4v) is 2.74. The van der Waals surface area contributed by atoms with Gasteiger partial charge in [-0.2, -0.15) is 11.8 Å². The minimum atomic E-state index is -0.104. The van der Waals surface area contributed by atoms with Crippen LogP contribution in [0.4, 0.5) is 0 Å². The van der Waals surface area contributed by atoms with E-state index < -0.39 is 0 Å². The highest BCUT2D eigenvalue weighted by Gasteiger charge is 2.10. The molecule has 3 N–H and O–H groups in total. The van der Waals surface area contributed by atoms with Gasteiger partial charge in [0, 0.05) is 0 Å². The van der Waals surface area contributed by atoms with E-state index >= 15 is 0 Å². The van der Waals surface area contributed by atoms with Crippen molar-refractivity contribution < 1.29 is 0 Å². The number of hydrogen-bond acceptors (Lipinski definition) is 3. The smallest absolute Gasteiger partial charge is 0.117 e. The monoisotopic (exact) mass is 283 g/mol. The van der Waals surface area contributed by atoms with Crippen LogP contribution in [0.5, 0.6) is 0 Å². The number of rotatable bonds is 4. The van der Waals surface area contributed by atoms with Crippen molar-refractivity contribution in [2.45, 2.75) is 11.8 Å². The summed E-state index contributed by atoms with van der Waals surface area (Å²) in [5.74, 6) is 1.91. The highest BCUT2D eigenvalue weighted by molar-refractivity contribution is 7.97. The number of nitrogens with one attached hydrogen (secondary N) is 1. The van der Waals surface area contributed by atoms with E-state index in [-0.39, 0.29) is 6.04 Å². The van der Waals surface area contributed by atoms with Gasteiger partial charge in [-0.1, -0.05) is 36.4 Å². The third kappa shape index (κ3) is 2.57. The van der Waals surface area contributed by atoms with Crippen molar-refractivity contribution in [3.05, 3.63) is 65.5 Å². The van der Waals surface area contributed by atoms with Crippen molar-refractivity contribution in [3.8, 4) is 0 Å². The predicted octanol–water partition coefficient (Wildman–Crippen LogP) is 3.47. The first kappa shape index (κ1) is 13.2. The van der Waals surface area contributed by atoms with Gasteiger partial charge in [-0.15, -0.1) is 0 Å². The number of benzene rings is 2. The molecule has 3 aromatic rings. The molecule has 20 heavy (non-hydrogen) atoms. The molecule has 0 bridgehead atoms. The van der Waals surface area contributed by atoms with Crippen LogP contribution in [0.15, 0.2) is 48.5 Å². The Hall–Kier alpha value is -1.78. The van der Waals surface area contributed by atoms with Crippen LogP contribution < -0.4 is 5.73 Å².